The number of aromatic carboxylic acids is 1. The zero-order chi connectivity index (χ0) is 15.3. The van der Waals surface area contributed by atoms with Crippen molar-refractivity contribution < 1.29 is 23.1 Å². The van der Waals surface area contributed by atoms with Crippen molar-refractivity contribution in [1.29, 1.82) is 0 Å². The summed E-state index contributed by atoms with van der Waals surface area (Å²) in [5, 5.41) is 11.4. The van der Waals surface area contributed by atoms with Crippen LogP contribution in [-0.2, 0) is 14.8 Å². The molecule has 1 aromatic heterocycles. The molecule has 9 heteroatoms. The molecule has 0 aliphatic rings. The van der Waals surface area contributed by atoms with E-state index in [1.54, 1.807) is 0 Å². The van der Waals surface area contributed by atoms with E-state index < -0.39 is 21.9 Å². The lowest BCUT2D eigenvalue weighted by Gasteiger charge is -2.06. The Hall–Kier alpha value is -1.45. The number of carbonyl (C=O) groups is 2. The molecule has 0 saturated heterocycles. The number of thiophene rings is 1. The van der Waals surface area contributed by atoms with Crippen LogP contribution in [0.5, 0.6) is 0 Å². The summed E-state index contributed by atoms with van der Waals surface area (Å²) in [6.45, 7) is 3.50. The number of hydrogen-bond donors (Lipinski definition) is 3. The molecule has 0 saturated carbocycles. The minimum Gasteiger partial charge on any atom is -0.477 e. The third-order valence-corrected chi connectivity index (χ3v) is 5.06. The molecule has 0 spiro atoms. The molecule has 0 fully saturated rings. The molecule has 0 atom stereocenters. The van der Waals surface area contributed by atoms with E-state index in [1.807, 2.05) is 6.92 Å². The largest absolute Gasteiger partial charge is 0.477 e. The Morgan fingerprint density at radius 1 is 1.40 bits per heavy atom. The summed E-state index contributed by atoms with van der Waals surface area (Å²) >= 11 is 0.878. The maximum Gasteiger partial charge on any atom is 0.345 e. The smallest absolute Gasteiger partial charge is 0.345 e. The number of carboxylic acid groups (broad SMARTS) is 1. The molecule has 0 radical (unpaired) electrons. The first-order valence-corrected chi connectivity index (χ1v) is 8.18. The summed E-state index contributed by atoms with van der Waals surface area (Å²) in [5.41, 5.74) is 0. The van der Waals surface area contributed by atoms with Crippen LogP contribution in [0.2, 0.25) is 0 Å². The minimum absolute atomic E-state index is 0.0571. The van der Waals surface area contributed by atoms with Crippen molar-refractivity contribution in [2.75, 3.05) is 13.1 Å². The summed E-state index contributed by atoms with van der Waals surface area (Å²) < 4.78 is 26.1. The number of sulfonamides is 1. The molecule has 7 nitrogen and oxygen atoms in total. The molecule has 0 aromatic carbocycles. The molecular weight excluding hydrogens is 304 g/mol. The van der Waals surface area contributed by atoms with Gasteiger partial charge in [0.15, 0.2) is 0 Å². The van der Waals surface area contributed by atoms with Gasteiger partial charge in [-0.15, -0.1) is 11.3 Å². The van der Waals surface area contributed by atoms with E-state index >= 15 is 0 Å². The van der Waals surface area contributed by atoms with Gasteiger partial charge in [-0.3, -0.25) is 4.79 Å². The summed E-state index contributed by atoms with van der Waals surface area (Å²) in [6.07, 6.45) is 0.754. The molecule has 0 bridgehead atoms. The number of carboxylic acids is 1. The average molecular weight is 320 g/mol. The highest BCUT2D eigenvalue weighted by Crippen LogP contribution is 2.25. The summed E-state index contributed by atoms with van der Waals surface area (Å²) in [4.78, 5) is 22.4. The van der Waals surface area contributed by atoms with Crippen molar-refractivity contribution in [3.8, 4) is 0 Å². The Morgan fingerprint density at radius 2 is 2.05 bits per heavy atom. The van der Waals surface area contributed by atoms with Gasteiger partial charge in [0.05, 0.1) is 11.4 Å². The van der Waals surface area contributed by atoms with E-state index in [0.717, 1.165) is 23.8 Å². The van der Waals surface area contributed by atoms with Crippen LogP contribution < -0.4 is 10.0 Å². The normalized spacial score (nSPS) is 11.3. The topological polar surface area (TPSA) is 113 Å². The van der Waals surface area contributed by atoms with Gasteiger partial charge in [0, 0.05) is 11.4 Å². The van der Waals surface area contributed by atoms with E-state index in [0.29, 0.717) is 11.4 Å². The molecule has 0 aliphatic heterocycles. The van der Waals surface area contributed by atoms with Crippen molar-refractivity contribution in [2.45, 2.75) is 25.2 Å². The van der Waals surface area contributed by atoms with Gasteiger partial charge in [0.25, 0.3) is 0 Å². The first kappa shape index (κ1) is 16.6. The van der Waals surface area contributed by atoms with E-state index in [1.165, 1.54) is 6.92 Å². The third kappa shape index (κ3) is 4.29. The standard InChI is InChI=1S/C11H16N2O5S2/c1-3-4-12-10(14)6-13-20(17,18)9-5-8(11(15)16)19-7(9)2/h5,13H,3-4,6H2,1-2H3,(H,12,14)(H,15,16). The summed E-state index contributed by atoms with van der Waals surface area (Å²) in [5.74, 6) is -1.61. The lowest BCUT2D eigenvalue weighted by molar-refractivity contribution is -0.119. The molecule has 1 heterocycles. The van der Waals surface area contributed by atoms with Crippen molar-refractivity contribution in [3.05, 3.63) is 15.8 Å². The van der Waals surface area contributed by atoms with Crippen LogP contribution in [0.1, 0.15) is 27.9 Å². The van der Waals surface area contributed by atoms with Crippen LogP contribution in [0.4, 0.5) is 0 Å². The monoisotopic (exact) mass is 320 g/mol. The zero-order valence-electron chi connectivity index (χ0n) is 11.1. The second-order valence-electron chi connectivity index (χ2n) is 4.01. The Morgan fingerprint density at radius 3 is 2.55 bits per heavy atom. The van der Waals surface area contributed by atoms with E-state index in [-0.39, 0.29) is 16.3 Å². The molecule has 20 heavy (non-hydrogen) atoms. The fourth-order valence-electron chi connectivity index (χ4n) is 1.40. The number of hydrogen-bond acceptors (Lipinski definition) is 5. The van der Waals surface area contributed by atoms with Crippen molar-refractivity contribution >= 4 is 33.2 Å². The molecule has 0 aliphatic carbocycles. The number of nitrogens with one attached hydrogen (secondary N) is 2. The minimum atomic E-state index is -3.89. The van der Waals surface area contributed by atoms with Crippen LogP contribution >= 0.6 is 11.3 Å². The van der Waals surface area contributed by atoms with E-state index in [2.05, 4.69) is 10.0 Å². The lowest BCUT2D eigenvalue weighted by Crippen LogP contribution is -2.37. The van der Waals surface area contributed by atoms with Crippen molar-refractivity contribution in [2.24, 2.45) is 0 Å². The molecule has 1 amide bonds. The fraction of sp³-hybridized carbons (Fsp3) is 0.455. The highest BCUT2D eigenvalue weighted by molar-refractivity contribution is 7.89. The predicted octanol–water partition coefficient (Wildman–Crippen LogP) is 0.559. The van der Waals surface area contributed by atoms with Gasteiger partial charge in [-0.25, -0.2) is 17.9 Å². The summed E-state index contributed by atoms with van der Waals surface area (Å²) in [7, 11) is -3.89. The predicted molar refractivity (Wildman–Crippen MR) is 74.5 cm³/mol. The van der Waals surface area contributed by atoms with Crippen LogP contribution in [0.25, 0.3) is 0 Å². The molecular formula is C11H16N2O5S2. The maximum absolute atomic E-state index is 12.0. The van der Waals surface area contributed by atoms with Gasteiger partial charge in [-0.2, -0.15) is 0 Å². The second-order valence-corrected chi connectivity index (χ2v) is 7.00. The highest BCUT2D eigenvalue weighted by atomic mass is 32.2. The third-order valence-electron chi connectivity index (χ3n) is 2.37. The van der Waals surface area contributed by atoms with Crippen LogP contribution in [0, 0.1) is 6.92 Å². The van der Waals surface area contributed by atoms with E-state index in [4.69, 9.17) is 5.11 Å². The number of carbonyl (C=O) groups excluding carboxylic acids is 1. The van der Waals surface area contributed by atoms with E-state index in [9.17, 15) is 18.0 Å². The van der Waals surface area contributed by atoms with Crippen LogP contribution in [0.3, 0.4) is 0 Å². The molecule has 0 unspecified atom stereocenters. The van der Waals surface area contributed by atoms with Crippen molar-refractivity contribution in [1.82, 2.24) is 10.0 Å². The van der Waals surface area contributed by atoms with Gasteiger partial charge in [-0.1, -0.05) is 6.92 Å². The molecule has 1 rings (SSSR count). The average Bonchev–Trinajstić information content (AvgIpc) is 2.77. The van der Waals surface area contributed by atoms with Gasteiger partial charge in [0.1, 0.15) is 4.88 Å². The van der Waals surface area contributed by atoms with Crippen LogP contribution in [0.15, 0.2) is 11.0 Å². The summed E-state index contributed by atoms with van der Waals surface area (Å²) in [6, 6.07) is 1.09. The number of amides is 1. The Kier molecular flexibility index (Phi) is 5.66. The first-order chi connectivity index (χ1) is 9.27. The SMILES string of the molecule is CCCNC(=O)CNS(=O)(=O)c1cc(C(=O)O)sc1C. The Balaban J connectivity index is 2.79. The molecule has 3 N–H and O–H groups in total. The maximum atomic E-state index is 12.0. The molecule has 1 aromatic rings. The number of aryl methyl sites for hydroxylation is 1. The Labute approximate surface area is 121 Å². The quantitative estimate of drug-likeness (QED) is 0.679. The second kappa shape index (κ2) is 6.82. The lowest BCUT2D eigenvalue weighted by atomic mass is 10.4. The fourth-order valence-corrected chi connectivity index (χ4v) is 3.81. The highest BCUT2D eigenvalue weighted by Gasteiger charge is 2.22. The Bertz CT molecular complexity index is 606. The molecule has 112 valence electrons. The van der Waals surface area contributed by atoms with Gasteiger partial charge in [0.2, 0.25) is 15.9 Å². The van der Waals surface area contributed by atoms with Gasteiger partial charge >= 0.3 is 5.97 Å². The van der Waals surface area contributed by atoms with Gasteiger partial charge in [-0.05, 0) is 19.4 Å². The van der Waals surface area contributed by atoms with Crippen LogP contribution in [-0.4, -0.2) is 38.5 Å². The number of rotatable bonds is 7. The first-order valence-electron chi connectivity index (χ1n) is 5.88. The zero-order valence-corrected chi connectivity index (χ0v) is 12.7. The van der Waals surface area contributed by atoms with Gasteiger partial charge < -0.3 is 10.4 Å². The van der Waals surface area contributed by atoms with Crippen molar-refractivity contribution in [3.63, 3.8) is 0 Å².